The van der Waals surface area contributed by atoms with Crippen LogP contribution in [0.5, 0.6) is 0 Å². The predicted molar refractivity (Wildman–Crippen MR) is 141 cm³/mol. The second-order valence-electron chi connectivity index (χ2n) is 8.44. The number of hydrogen-bond donors (Lipinski definition) is 3. The zero-order valence-electron chi connectivity index (χ0n) is 20.5. The lowest BCUT2D eigenvalue weighted by atomic mass is 10.1. The number of nitro groups is 2. The highest BCUT2D eigenvalue weighted by molar-refractivity contribution is 7.92. The van der Waals surface area contributed by atoms with Gasteiger partial charge in [0.05, 0.1) is 39.1 Å². The Labute approximate surface area is 226 Å². The van der Waals surface area contributed by atoms with Gasteiger partial charge in [-0.1, -0.05) is 0 Å². The van der Waals surface area contributed by atoms with E-state index in [2.05, 4.69) is 10.0 Å². The van der Waals surface area contributed by atoms with Gasteiger partial charge in [-0.15, -0.1) is 0 Å². The zero-order chi connectivity index (χ0) is 29.0. The minimum atomic E-state index is -4.06. The van der Waals surface area contributed by atoms with Crippen LogP contribution in [0.15, 0.2) is 65.6 Å². The number of nitrogens with zero attached hydrogens (tertiary/aromatic N) is 3. The van der Waals surface area contributed by atoms with E-state index in [4.69, 9.17) is 9.84 Å². The summed E-state index contributed by atoms with van der Waals surface area (Å²) >= 11 is 0. The fourth-order valence-corrected chi connectivity index (χ4v) is 5.00. The monoisotopic (exact) mass is 571 g/mol. The van der Waals surface area contributed by atoms with Crippen LogP contribution in [0.25, 0.3) is 0 Å². The lowest BCUT2D eigenvalue weighted by Crippen LogP contribution is -2.37. The molecule has 0 radical (unpaired) electrons. The summed E-state index contributed by atoms with van der Waals surface area (Å²) in [6.45, 7) is 0.861. The number of nitrogens with one attached hydrogen (secondary N) is 2. The highest BCUT2D eigenvalue weighted by atomic mass is 32.2. The molecule has 1 heterocycles. The Morgan fingerprint density at radius 3 is 1.88 bits per heavy atom. The standard InChI is InChI=1S/C24H21N5O10S/c30-23(16-13-20(28(33)34)22(21(14-16)29(35)36)27-9-11-39-12-10-27)25-17-5-7-19(8-6-17)40(37,38)26-18-3-1-15(2-4-18)24(31)32/h1-8,13-14,26H,9-12H2,(H,25,30)(H,31,32). The lowest BCUT2D eigenvalue weighted by Gasteiger charge is -2.28. The second kappa shape index (κ2) is 11.3. The van der Waals surface area contributed by atoms with Gasteiger partial charge in [-0.05, 0) is 48.5 Å². The largest absolute Gasteiger partial charge is 0.478 e. The van der Waals surface area contributed by atoms with Crippen LogP contribution in [-0.2, 0) is 14.8 Å². The molecule has 16 heteroatoms. The Balaban J connectivity index is 1.54. The molecule has 1 amide bonds. The number of carboxylic acid groups (broad SMARTS) is 1. The summed E-state index contributed by atoms with van der Waals surface area (Å²) in [7, 11) is -4.06. The number of aromatic carboxylic acids is 1. The summed E-state index contributed by atoms with van der Waals surface area (Å²) in [6, 6.07) is 11.9. The molecule has 208 valence electrons. The Morgan fingerprint density at radius 2 is 1.38 bits per heavy atom. The quantitative estimate of drug-likeness (QED) is 0.251. The molecule has 4 rings (SSSR count). The normalized spacial score (nSPS) is 13.3. The smallest absolute Gasteiger partial charge is 0.335 e. The van der Waals surface area contributed by atoms with Crippen molar-refractivity contribution in [2.24, 2.45) is 0 Å². The van der Waals surface area contributed by atoms with Gasteiger partial charge >= 0.3 is 5.97 Å². The highest BCUT2D eigenvalue weighted by Gasteiger charge is 2.33. The molecule has 0 bridgehead atoms. The van der Waals surface area contributed by atoms with E-state index in [-0.39, 0.29) is 59.4 Å². The van der Waals surface area contributed by atoms with Crippen molar-refractivity contribution in [2.45, 2.75) is 4.90 Å². The summed E-state index contributed by atoms with van der Waals surface area (Å²) in [6.07, 6.45) is 0. The van der Waals surface area contributed by atoms with Crippen LogP contribution in [0, 0.1) is 20.2 Å². The van der Waals surface area contributed by atoms with Gasteiger partial charge < -0.3 is 20.1 Å². The minimum Gasteiger partial charge on any atom is -0.478 e. The molecule has 1 aliphatic rings. The number of carbonyl (C=O) groups is 2. The molecule has 3 aromatic rings. The molecule has 3 N–H and O–H groups in total. The van der Waals surface area contributed by atoms with Crippen LogP contribution in [-0.4, -0.2) is 61.6 Å². The maximum absolute atomic E-state index is 12.9. The molecule has 0 aliphatic carbocycles. The van der Waals surface area contributed by atoms with E-state index in [1.165, 1.54) is 53.4 Å². The molecular weight excluding hydrogens is 550 g/mol. The Bertz CT molecular complexity index is 1550. The number of nitro benzene ring substituents is 2. The number of ether oxygens (including phenoxy) is 1. The van der Waals surface area contributed by atoms with E-state index in [1.807, 2.05) is 0 Å². The number of carbonyl (C=O) groups excluding carboxylic acids is 1. The summed E-state index contributed by atoms with van der Waals surface area (Å²) in [4.78, 5) is 47.1. The molecule has 0 unspecified atom stereocenters. The minimum absolute atomic E-state index is 0.0190. The molecule has 0 atom stereocenters. The number of carboxylic acids is 1. The van der Waals surface area contributed by atoms with Gasteiger partial charge in [0.15, 0.2) is 5.69 Å². The van der Waals surface area contributed by atoms with Crippen molar-refractivity contribution in [2.75, 3.05) is 41.2 Å². The topological polar surface area (TPSA) is 211 Å². The fraction of sp³-hybridized carbons (Fsp3) is 0.167. The molecule has 0 spiro atoms. The van der Waals surface area contributed by atoms with Gasteiger partial charge in [-0.25, -0.2) is 13.2 Å². The van der Waals surface area contributed by atoms with Crippen molar-refractivity contribution in [3.63, 3.8) is 0 Å². The number of hydrogen-bond acceptors (Lipinski definition) is 10. The Hall–Kier alpha value is -5.09. The maximum atomic E-state index is 12.9. The number of rotatable bonds is 9. The molecule has 1 aliphatic heterocycles. The average molecular weight is 572 g/mol. The van der Waals surface area contributed by atoms with Gasteiger partial charge in [0.25, 0.3) is 27.3 Å². The van der Waals surface area contributed by atoms with Gasteiger partial charge in [0.2, 0.25) is 0 Å². The predicted octanol–water partition coefficient (Wildman–Crippen LogP) is 3.09. The van der Waals surface area contributed by atoms with Crippen molar-refractivity contribution >= 4 is 50.3 Å². The van der Waals surface area contributed by atoms with Crippen LogP contribution >= 0.6 is 0 Å². The summed E-state index contributed by atoms with van der Waals surface area (Å²) in [5, 5.41) is 35.0. The number of benzene rings is 3. The number of morpholine rings is 1. The molecule has 3 aromatic carbocycles. The number of anilines is 3. The van der Waals surface area contributed by atoms with E-state index < -0.39 is 43.1 Å². The van der Waals surface area contributed by atoms with Crippen LogP contribution < -0.4 is 14.9 Å². The van der Waals surface area contributed by atoms with Crippen LogP contribution in [0.2, 0.25) is 0 Å². The highest BCUT2D eigenvalue weighted by Crippen LogP contribution is 2.39. The molecule has 40 heavy (non-hydrogen) atoms. The fourth-order valence-electron chi connectivity index (χ4n) is 3.94. The lowest BCUT2D eigenvalue weighted by molar-refractivity contribution is -0.392. The molecule has 15 nitrogen and oxygen atoms in total. The third kappa shape index (κ3) is 6.13. The first kappa shape index (κ1) is 27.9. The second-order valence-corrected chi connectivity index (χ2v) is 10.1. The van der Waals surface area contributed by atoms with Crippen molar-refractivity contribution in [3.05, 3.63) is 92.0 Å². The van der Waals surface area contributed by atoms with Crippen molar-refractivity contribution in [3.8, 4) is 0 Å². The van der Waals surface area contributed by atoms with E-state index in [9.17, 15) is 38.2 Å². The van der Waals surface area contributed by atoms with Crippen LogP contribution in [0.4, 0.5) is 28.4 Å². The van der Waals surface area contributed by atoms with E-state index >= 15 is 0 Å². The van der Waals surface area contributed by atoms with Crippen LogP contribution in [0.3, 0.4) is 0 Å². The van der Waals surface area contributed by atoms with Gasteiger partial charge in [-0.3, -0.25) is 29.7 Å². The maximum Gasteiger partial charge on any atom is 0.335 e. The summed E-state index contributed by atoms with van der Waals surface area (Å²) in [5.74, 6) is -2.05. The van der Waals surface area contributed by atoms with Crippen molar-refractivity contribution < 1.29 is 37.7 Å². The molecular formula is C24H21N5O10S. The third-order valence-electron chi connectivity index (χ3n) is 5.86. The van der Waals surface area contributed by atoms with E-state index in [0.29, 0.717) is 0 Å². The first-order valence-electron chi connectivity index (χ1n) is 11.5. The summed E-state index contributed by atoms with van der Waals surface area (Å²) < 4.78 is 32.9. The number of sulfonamides is 1. The SMILES string of the molecule is O=C(O)c1ccc(NS(=O)(=O)c2ccc(NC(=O)c3cc([N+](=O)[O-])c(N4CCOCC4)c([N+](=O)[O-])c3)cc2)cc1. The van der Waals surface area contributed by atoms with Gasteiger partial charge in [0, 0.05) is 36.6 Å². The molecule has 1 saturated heterocycles. The Morgan fingerprint density at radius 1 is 0.850 bits per heavy atom. The van der Waals surface area contributed by atoms with Gasteiger partial charge in [-0.2, -0.15) is 0 Å². The zero-order valence-corrected chi connectivity index (χ0v) is 21.3. The molecule has 1 fully saturated rings. The first-order chi connectivity index (χ1) is 19.0. The molecule has 0 saturated carbocycles. The molecule has 0 aromatic heterocycles. The first-order valence-corrected chi connectivity index (χ1v) is 13.0. The van der Waals surface area contributed by atoms with Crippen molar-refractivity contribution in [1.29, 1.82) is 0 Å². The third-order valence-corrected chi connectivity index (χ3v) is 7.26. The summed E-state index contributed by atoms with van der Waals surface area (Å²) in [5.41, 5.74) is -1.53. The van der Waals surface area contributed by atoms with Crippen molar-refractivity contribution in [1.82, 2.24) is 0 Å². The van der Waals surface area contributed by atoms with E-state index in [0.717, 1.165) is 12.1 Å². The van der Waals surface area contributed by atoms with Gasteiger partial charge in [0.1, 0.15) is 0 Å². The van der Waals surface area contributed by atoms with E-state index in [1.54, 1.807) is 0 Å². The number of amides is 1. The van der Waals surface area contributed by atoms with Crippen LogP contribution in [0.1, 0.15) is 20.7 Å². The average Bonchev–Trinajstić information content (AvgIpc) is 2.93. The Kier molecular flexibility index (Phi) is 7.92.